The van der Waals surface area contributed by atoms with Gasteiger partial charge in [-0.1, -0.05) is 51.1 Å². The zero-order valence-corrected chi connectivity index (χ0v) is 24.6. The Morgan fingerprint density at radius 2 is 1.83 bits per heavy atom. The fourth-order valence-electron chi connectivity index (χ4n) is 6.61. The number of aryl methyl sites for hydroxylation is 2. The first kappa shape index (κ1) is 29.3. The van der Waals surface area contributed by atoms with E-state index in [0.29, 0.717) is 23.4 Å². The van der Waals surface area contributed by atoms with Crippen molar-refractivity contribution in [3.05, 3.63) is 88.2 Å². The number of fused-ring (bicyclic) bond motifs is 2. The summed E-state index contributed by atoms with van der Waals surface area (Å²) in [4.78, 5) is 40.0. The molecule has 4 N–H and O–H groups in total. The molecule has 1 saturated heterocycles. The van der Waals surface area contributed by atoms with E-state index in [1.165, 1.54) is 25.3 Å². The number of hydrogen-bond donors (Lipinski definition) is 4. The molecule has 0 saturated carbocycles. The van der Waals surface area contributed by atoms with Gasteiger partial charge in [0.05, 0.1) is 13.2 Å². The van der Waals surface area contributed by atoms with Crippen molar-refractivity contribution in [1.29, 1.82) is 0 Å². The molecule has 9 heteroatoms. The van der Waals surface area contributed by atoms with E-state index in [9.17, 15) is 19.5 Å². The highest BCUT2D eigenvalue weighted by Crippen LogP contribution is 2.57. The van der Waals surface area contributed by atoms with E-state index in [1.54, 1.807) is 25.1 Å². The number of nitrogens with one attached hydrogen (secondary N) is 3. The van der Waals surface area contributed by atoms with Gasteiger partial charge >= 0.3 is 5.97 Å². The summed E-state index contributed by atoms with van der Waals surface area (Å²) in [5.41, 5.74) is 1.80. The van der Waals surface area contributed by atoms with Gasteiger partial charge in [-0.2, -0.15) is 0 Å². The quantitative estimate of drug-likeness (QED) is 0.308. The Kier molecular flexibility index (Phi) is 7.35. The van der Waals surface area contributed by atoms with E-state index >= 15 is 4.39 Å². The van der Waals surface area contributed by atoms with Crippen molar-refractivity contribution in [2.75, 3.05) is 17.7 Å². The summed E-state index contributed by atoms with van der Waals surface area (Å²) in [7, 11) is 1.35. The monoisotopic (exact) mass is 573 g/mol. The minimum absolute atomic E-state index is 0.0482. The number of anilines is 2. The fourth-order valence-corrected chi connectivity index (χ4v) is 6.61. The van der Waals surface area contributed by atoms with Crippen LogP contribution >= 0.6 is 0 Å². The molecule has 2 unspecified atom stereocenters. The SMILES string of the molecule is COc1cc(NC(=O)[C@@H]2NC(CC(C)(C)C)[C@@]3(C(=O)Nc4cc(C)ccc43)C2c2cccc(C)c2F)ccc1C(=O)O. The van der Waals surface area contributed by atoms with Crippen LogP contribution in [0.25, 0.3) is 0 Å². The van der Waals surface area contributed by atoms with Gasteiger partial charge in [0.15, 0.2) is 0 Å². The minimum Gasteiger partial charge on any atom is -0.496 e. The first-order chi connectivity index (χ1) is 19.8. The molecule has 0 radical (unpaired) electrons. The van der Waals surface area contributed by atoms with Crippen LogP contribution in [0.1, 0.15) is 65.7 Å². The predicted octanol–water partition coefficient (Wildman–Crippen LogP) is 5.54. The molecule has 0 bridgehead atoms. The second-order valence-electron chi connectivity index (χ2n) is 12.5. The van der Waals surface area contributed by atoms with Gasteiger partial charge in [-0.25, -0.2) is 9.18 Å². The lowest BCUT2D eigenvalue weighted by Crippen LogP contribution is -2.49. The highest BCUT2D eigenvalue weighted by Gasteiger charge is 2.66. The van der Waals surface area contributed by atoms with Gasteiger partial charge < -0.3 is 25.8 Å². The van der Waals surface area contributed by atoms with Gasteiger partial charge in [-0.15, -0.1) is 0 Å². The van der Waals surface area contributed by atoms with Crippen molar-refractivity contribution >= 4 is 29.2 Å². The smallest absolute Gasteiger partial charge is 0.339 e. The maximum absolute atomic E-state index is 16.0. The maximum Gasteiger partial charge on any atom is 0.339 e. The lowest BCUT2D eigenvalue weighted by molar-refractivity contribution is -0.122. The maximum atomic E-state index is 16.0. The van der Waals surface area contributed by atoms with Crippen LogP contribution in [0, 0.1) is 25.1 Å². The van der Waals surface area contributed by atoms with E-state index in [4.69, 9.17) is 4.74 Å². The van der Waals surface area contributed by atoms with Crippen molar-refractivity contribution in [3.63, 3.8) is 0 Å². The Labute approximate surface area is 244 Å². The van der Waals surface area contributed by atoms with E-state index in [-0.39, 0.29) is 28.2 Å². The first-order valence-electron chi connectivity index (χ1n) is 13.9. The van der Waals surface area contributed by atoms with Gasteiger partial charge in [0.1, 0.15) is 22.5 Å². The topological polar surface area (TPSA) is 117 Å². The van der Waals surface area contributed by atoms with E-state index in [1.807, 2.05) is 25.1 Å². The third-order valence-electron chi connectivity index (χ3n) is 8.35. The number of benzene rings is 3. The van der Waals surface area contributed by atoms with Crippen LogP contribution in [0.15, 0.2) is 54.6 Å². The Hall–Kier alpha value is -4.24. The molecule has 2 aliphatic rings. The summed E-state index contributed by atoms with van der Waals surface area (Å²) < 4.78 is 21.3. The molecule has 8 nitrogen and oxygen atoms in total. The molecular weight excluding hydrogens is 537 g/mol. The number of methoxy groups -OCH3 is 1. The molecule has 5 rings (SSSR count). The fraction of sp³-hybridized carbons (Fsp3) is 0.364. The Morgan fingerprint density at radius 1 is 1.10 bits per heavy atom. The number of halogens is 1. The van der Waals surface area contributed by atoms with Crippen LogP contribution in [-0.4, -0.2) is 42.1 Å². The van der Waals surface area contributed by atoms with Crippen LogP contribution in [0.2, 0.25) is 0 Å². The first-order valence-corrected chi connectivity index (χ1v) is 13.9. The second kappa shape index (κ2) is 10.5. The largest absolute Gasteiger partial charge is 0.496 e. The van der Waals surface area contributed by atoms with E-state index in [2.05, 4.69) is 36.7 Å². The summed E-state index contributed by atoms with van der Waals surface area (Å²) in [6.07, 6.45) is 0.530. The molecule has 220 valence electrons. The molecule has 3 aromatic carbocycles. The van der Waals surface area contributed by atoms with Crippen LogP contribution < -0.4 is 20.7 Å². The summed E-state index contributed by atoms with van der Waals surface area (Å²) in [5.74, 6) is -3.19. The predicted molar refractivity (Wildman–Crippen MR) is 159 cm³/mol. The molecule has 2 amide bonds. The number of ether oxygens (including phenoxy) is 1. The lowest BCUT2D eigenvalue weighted by Gasteiger charge is -2.37. The normalized spacial score (nSPS) is 23.0. The number of rotatable bonds is 6. The molecule has 2 aliphatic heterocycles. The average molecular weight is 574 g/mol. The van der Waals surface area contributed by atoms with Crippen LogP contribution in [-0.2, 0) is 15.0 Å². The second-order valence-corrected chi connectivity index (χ2v) is 12.5. The molecule has 4 atom stereocenters. The summed E-state index contributed by atoms with van der Waals surface area (Å²) in [6.45, 7) is 9.80. The summed E-state index contributed by atoms with van der Waals surface area (Å²) in [6, 6.07) is 13.6. The molecular formula is C33H36FN3O5. The average Bonchev–Trinajstić information content (AvgIpc) is 3.38. The minimum atomic E-state index is -1.28. The molecule has 0 aromatic heterocycles. The number of carboxylic acids is 1. The van der Waals surface area contributed by atoms with Crippen LogP contribution in [0.3, 0.4) is 0 Å². The van der Waals surface area contributed by atoms with Gasteiger partial charge in [0.2, 0.25) is 11.8 Å². The van der Waals surface area contributed by atoms with Crippen molar-refractivity contribution < 1.29 is 28.6 Å². The van der Waals surface area contributed by atoms with Crippen molar-refractivity contribution in [2.45, 2.75) is 64.5 Å². The number of hydrogen-bond acceptors (Lipinski definition) is 5. The molecule has 3 aromatic rings. The summed E-state index contributed by atoms with van der Waals surface area (Å²) >= 11 is 0. The van der Waals surface area contributed by atoms with Crippen molar-refractivity contribution in [1.82, 2.24) is 5.32 Å². The van der Waals surface area contributed by atoms with Crippen molar-refractivity contribution in [2.24, 2.45) is 5.41 Å². The Bertz CT molecular complexity index is 1600. The zero-order chi connectivity index (χ0) is 30.6. The van der Waals surface area contributed by atoms with Crippen LogP contribution in [0.5, 0.6) is 5.75 Å². The molecule has 0 aliphatic carbocycles. The van der Waals surface area contributed by atoms with E-state index < -0.39 is 41.1 Å². The van der Waals surface area contributed by atoms with Gasteiger partial charge in [-0.3, -0.25) is 9.59 Å². The lowest BCUT2D eigenvalue weighted by atomic mass is 9.62. The molecule has 1 fully saturated rings. The zero-order valence-electron chi connectivity index (χ0n) is 24.6. The van der Waals surface area contributed by atoms with Crippen molar-refractivity contribution in [3.8, 4) is 5.75 Å². The third kappa shape index (κ3) is 4.81. The van der Waals surface area contributed by atoms with Gasteiger partial charge in [0, 0.05) is 29.4 Å². The number of amides is 2. The van der Waals surface area contributed by atoms with Crippen LogP contribution in [0.4, 0.5) is 15.8 Å². The molecule has 42 heavy (non-hydrogen) atoms. The van der Waals surface area contributed by atoms with E-state index in [0.717, 1.165) is 11.1 Å². The third-order valence-corrected chi connectivity index (χ3v) is 8.35. The van der Waals surface area contributed by atoms with Gasteiger partial charge in [-0.05, 0) is 66.1 Å². The number of carbonyl (C=O) groups excluding carboxylic acids is 2. The molecule has 1 spiro atoms. The Morgan fingerprint density at radius 3 is 2.50 bits per heavy atom. The Balaban J connectivity index is 1.69. The number of carbonyl (C=O) groups is 3. The summed E-state index contributed by atoms with van der Waals surface area (Å²) in [5, 5.41) is 18.9. The highest BCUT2D eigenvalue weighted by atomic mass is 19.1. The number of aromatic carboxylic acids is 1. The van der Waals surface area contributed by atoms with Gasteiger partial charge in [0.25, 0.3) is 0 Å². The molecule has 2 heterocycles. The standard InChI is InChI=1S/C33H36FN3O5/c1-17-10-13-22-23(14-17)36-31(41)33(22)25(16-32(3,4)5)37-28(26(33)21-9-7-8-18(2)27(21)34)29(38)35-19-11-12-20(30(39)40)24(15-19)42-6/h7-15,25-26,28,37H,16H2,1-6H3,(H,35,38)(H,36,41)(H,39,40)/t25?,26?,28-,33-/m1/s1. The highest BCUT2D eigenvalue weighted by molar-refractivity contribution is 6.10. The number of carboxylic acid groups (broad SMARTS) is 1.